The molecule has 0 bridgehead atoms. The maximum Gasteiger partial charge on any atom is 0.257 e. The molecule has 2 heterocycles. The Balaban J connectivity index is 1.53. The summed E-state index contributed by atoms with van der Waals surface area (Å²) in [6.07, 6.45) is 5.23. The van der Waals surface area contributed by atoms with E-state index < -0.39 is 0 Å². The van der Waals surface area contributed by atoms with Gasteiger partial charge in [0.2, 0.25) is 5.91 Å². The molecule has 0 unspecified atom stereocenters. The molecular weight excluding hydrogens is 328 g/mol. The van der Waals surface area contributed by atoms with Crippen molar-refractivity contribution in [3.8, 4) is 0 Å². The number of rotatable bonds is 4. The van der Waals surface area contributed by atoms with Crippen molar-refractivity contribution in [2.24, 2.45) is 0 Å². The van der Waals surface area contributed by atoms with Gasteiger partial charge in [-0.3, -0.25) is 14.7 Å². The highest BCUT2D eigenvalue weighted by atomic mass is 16.2. The summed E-state index contributed by atoms with van der Waals surface area (Å²) in [6.45, 7) is 6.72. The van der Waals surface area contributed by atoms with Crippen LogP contribution >= 0.6 is 0 Å². The van der Waals surface area contributed by atoms with E-state index in [0.29, 0.717) is 38.2 Å². The van der Waals surface area contributed by atoms with Crippen LogP contribution < -0.4 is 0 Å². The molecule has 6 nitrogen and oxygen atoms in total. The van der Waals surface area contributed by atoms with Crippen LogP contribution in [0.5, 0.6) is 0 Å². The number of benzene rings is 1. The summed E-state index contributed by atoms with van der Waals surface area (Å²) in [4.78, 5) is 28.7. The molecule has 1 aliphatic heterocycles. The SMILES string of the molecule is Cc1ccc(CCC(=O)N2CCCN(C(=O)c3cn[nH]c3)CC2)c(C)c1. The topological polar surface area (TPSA) is 69.3 Å². The van der Waals surface area contributed by atoms with E-state index in [4.69, 9.17) is 0 Å². The van der Waals surface area contributed by atoms with Crippen molar-refractivity contribution in [3.05, 3.63) is 52.8 Å². The zero-order valence-corrected chi connectivity index (χ0v) is 15.5. The molecule has 1 aromatic heterocycles. The largest absolute Gasteiger partial charge is 0.341 e. The Hall–Kier alpha value is -2.63. The van der Waals surface area contributed by atoms with Crippen molar-refractivity contribution in [2.75, 3.05) is 26.2 Å². The first-order valence-electron chi connectivity index (χ1n) is 9.16. The molecule has 0 spiro atoms. The average molecular weight is 354 g/mol. The molecule has 138 valence electrons. The quantitative estimate of drug-likeness (QED) is 0.916. The fraction of sp³-hybridized carbons (Fsp3) is 0.450. The monoisotopic (exact) mass is 354 g/mol. The zero-order valence-electron chi connectivity index (χ0n) is 15.5. The third-order valence-corrected chi connectivity index (χ3v) is 4.99. The summed E-state index contributed by atoms with van der Waals surface area (Å²) in [5.74, 6) is 0.144. The Labute approximate surface area is 154 Å². The molecule has 0 atom stereocenters. The predicted molar refractivity (Wildman–Crippen MR) is 99.9 cm³/mol. The molecule has 1 saturated heterocycles. The van der Waals surface area contributed by atoms with E-state index in [1.807, 2.05) is 9.80 Å². The van der Waals surface area contributed by atoms with E-state index in [2.05, 4.69) is 42.2 Å². The lowest BCUT2D eigenvalue weighted by Crippen LogP contribution is -2.37. The van der Waals surface area contributed by atoms with Crippen LogP contribution in [0.25, 0.3) is 0 Å². The molecule has 1 fully saturated rings. The number of nitrogens with zero attached hydrogens (tertiary/aromatic N) is 3. The Morgan fingerprint density at radius 1 is 1.12 bits per heavy atom. The zero-order chi connectivity index (χ0) is 18.5. The minimum absolute atomic E-state index is 0.0247. The van der Waals surface area contributed by atoms with Crippen LogP contribution in [0.4, 0.5) is 0 Å². The van der Waals surface area contributed by atoms with Crippen molar-refractivity contribution in [1.82, 2.24) is 20.0 Å². The molecule has 0 saturated carbocycles. The molecule has 6 heteroatoms. The summed E-state index contributed by atoms with van der Waals surface area (Å²) in [6, 6.07) is 6.37. The number of aromatic amines is 1. The van der Waals surface area contributed by atoms with E-state index >= 15 is 0 Å². The standard InChI is InChI=1S/C20H26N4O2/c1-15-4-5-17(16(2)12-15)6-7-19(25)23-8-3-9-24(11-10-23)20(26)18-13-21-22-14-18/h4-5,12-14H,3,6-11H2,1-2H3,(H,21,22). The van der Waals surface area contributed by atoms with Gasteiger partial charge in [-0.2, -0.15) is 5.10 Å². The van der Waals surface area contributed by atoms with Gasteiger partial charge in [0.05, 0.1) is 11.8 Å². The third kappa shape index (κ3) is 4.31. The minimum atomic E-state index is -0.0247. The summed E-state index contributed by atoms with van der Waals surface area (Å²) >= 11 is 0. The van der Waals surface area contributed by atoms with Gasteiger partial charge in [-0.05, 0) is 37.8 Å². The number of hydrogen-bond acceptors (Lipinski definition) is 3. The van der Waals surface area contributed by atoms with Crippen LogP contribution in [0.2, 0.25) is 0 Å². The maximum atomic E-state index is 12.6. The number of aryl methyl sites for hydroxylation is 3. The Morgan fingerprint density at radius 3 is 2.62 bits per heavy atom. The fourth-order valence-corrected chi connectivity index (χ4v) is 3.45. The normalized spacial score (nSPS) is 15.0. The predicted octanol–water partition coefficient (Wildman–Crippen LogP) is 2.33. The lowest BCUT2D eigenvalue weighted by molar-refractivity contribution is -0.131. The summed E-state index contributed by atoms with van der Waals surface area (Å²) in [7, 11) is 0. The van der Waals surface area contributed by atoms with Crippen molar-refractivity contribution in [1.29, 1.82) is 0 Å². The van der Waals surface area contributed by atoms with Gasteiger partial charge in [-0.1, -0.05) is 23.8 Å². The first-order valence-corrected chi connectivity index (χ1v) is 9.16. The molecule has 2 aromatic rings. The number of carbonyl (C=O) groups excluding carboxylic acids is 2. The maximum absolute atomic E-state index is 12.6. The van der Waals surface area contributed by atoms with E-state index in [1.54, 1.807) is 12.4 Å². The van der Waals surface area contributed by atoms with Crippen molar-refractivity contribution in [2.45, 2.75) is 33.1 Å². The summed E-state index contributed by atoms with van der Waals surface area (Å²) in [5.41, 5.74) is 4.29. The molecule has 0 radical (unpaired) electrons. The fourth-order valence-electron chi connectivity index (χ4n) is 3.45. The summed E-state index contributed by atoms with van der Waals surface area (Å²) < 4.78 is 0. The van der Waals surface area contributed by atoms with Crippen molar-refractivity contribution < 1.29 is 9.59 Å². The van der Waals surface area contributed by atoms with E-state index in [0.717, 1.165) is 12.8 Å². The van der Waals surface area contributed by atoms with Gasteiger partial charge in [-0.25, -0.2) is 0 Å². The Kier molecular flexibility index (Phi) is 5.71. The van der Waals surface area contributed by atoms with E-state index in [9.17, 15) is 9.59 Å². The molecule has 2 amide bonds. The van der Waals surface area contributed by atoms with Crippen molar-refractivity contribution in [3.63, 3.8) is 0 Å². The number of nitrogens with one attached hydrogen (secondary N) is 1. The van der Waals surface area contributed by atoms with Crippen LogP contribution in [-0.4, -0.2) is 58.0 Å². The third-order valence-electron chi connectivity index (χ3n) is 4.99. The van der Waals surface area contributed by atoms with Gasteiger partial charge in [-0.15, -0.1) is 0 Å². The van der Waals surface area contributed by atoms with Crippen LogP contribution in [0, 0.1) is 13.8 Å². The van der Waals surface area contributed by atoms with Gasteiger partial charge in [0.15, 0.2) is 0 Å². The van der Waals surface area contributed by atoms with Gasteiger partial charge in [0.25, 0.3) is 5.91 Å². The van der Waals surface area contributed by atoms with Crippen LogP contribution in [0.1, 0.15) is 39.9 Å². The number of H-pyrrole nitrogens is 1. The highest BCUT2D eigenvalue weighted by Crippen LogP contribution is 2.14. The molecule has 3 rings (SSSR count). The smallest absolute Gasteiger partial charge is 0.257 e. The van der Waals surface area contributed by atoms with E-state index in [-0.39, 0.29) is 11.8 Å². The van der Waals surface area contributed by atoms with Gasteiger partial charge in [0.1, 0.15) is 0 Å². The van der Waals surface area contributed by atoms with Gasteiger partial charge < -0.3 is 9.80 Å². The van der Waals surface area contributed by atoms with Crippen LogP contribution in [-0.2, 0) is 11.2 Å². The number of aromatic nitrogens is 2. The number of amides is 2. The summed E-state index contributed by atoms with van der Waals surface area (Å²) in [5, 5.41) is 6.50. The highest BCUT2D eigenvalue weighted by molar-refractivity contribution is 5.93. The van der Waals surface area contributed by atoms with Gasteiger partial charge in [0, 0.05) is 38.8 Å². The molecule has 1 aliphatic rings. The number of carbonyl (C=O) groups is 2. The second-order valence-electron chi connectivity index (χ2n) is 6.94. The average Bonchev–Trinajstić information content (AvgIpc) is 3.04. The second-order valence-corrected chi connectivity index (χ2v) is 6.94. The minimum Gasteiger partial charge on any atom is -0.341 e. The number of hydrogen-bond donors (Lipinski definition) is 1. The first-order chi connectivity index (χ1) is 12.5. The Morgan fingerprint density at radius 2 is 1.88 bits per heavy atom. The first kappa shape index (κ1) is 18.2. The molecule has 1 N–H and O–H groups in total. The van der Waals surface area contributed by atoms with Crippen molar-refractivity contribution >= 4 is 11.8 Å². The second kappa shape index (κ2) is 8.17. The van der Waals surface area contributed by atoms with Crippen LogP contribution in [0.3, 0.4) is 0 Å². The lowest BCUT2D eigenvalue weighted by atomic mass is 10.0. The molecule has 0 aliphatic carbocycles. The van der Waals surface area contributed by atoms with Gasteiger partial charge >= 0.3 is 0 Å². The molecule has 26 heavy (non-hydrogen) atoms. The van der Waals surface area contributed by atoms with E-state index in [1.165, 1.54) is 16.7 Å². The highest BCUT2D eigenvalue weighted by Gasteiger charge is 2.23. The molecule has 1 aromatic carbocycles. The molecular formula is C20H26N4O2. The Bertz CT molecular complexity index is 770. The van der Waals surface area contributed by atoms with Crippen LogP contribution in [0.15, 0.2) is 30.6 Å². The lowest BCUT2D eigenvalue weighted by Gasteiger charge is -2.22.